The van der Waals surface area contributed by atoms with E-state index in [-0.39, 0.29) is 11.7 Å². The third-order valence-electron chi connectivity index (χ3n) is 3.79. The van der Waals surface area contributed by atoms with E-state index < -0.39 is 0 Å². The summed E-state index contributed by atoms with van der Waals surface area (Å²) < 4.78 is 2.88. The summed E-state index contributed by atoms with van der Waals surface area (Å²) in [6.45, 7) is 4.87. The van der Waals surface area contributed by atoms with Gasteiger partial charge in [-0.1, -0.05) is 30.8 Å². The molecule has 1 N–H and O–H groups in total. The number of carbonyl (C=O) groups excluding carboxylic acids is 1. The predicted molar refractivity (Wildman–Crippen MR) is 112 cm³/mol. The summed E-state index contributed by atoms with van der Waals surface area (Å²) >= 11 is 4.85. The first-order valence-electron chi connectivity index (χ1n) is 8.62. The molecule has 1 aromatic carbocycles. The molecule has 0 saturated carbocycles. The Morgan fingerprint density at radius 1 is 1.26 bits per heavy atom. The lowest BCUT2D eigenvalue weighted by molar-refractivity contribution is -0.113. The topological polar surface area (TPSA) is 72.7 Å². The van der Waals surface area contributed by atoms with E-state index >= 15 is 0 Å². The fraction of sp³-hybridized carbons (Fsp3) is 0.263. The van der Waals surface area contributed by atoms with Crippen molar-refractivity contribution >= 4 is 39.3 Å². The summed E-state index contributed by atoms with van der Waals surface area (Å²) in [6, 6.07) is 11.5. The molecule has 0 bridgehead atoms. The monoisotopic (exact) mass is 445 g/mol. The molecule has 2 heterocycles. The standard InChI is InChI=1S/C19H20BrN5OS/c1-3-10-25-18(16-6-4-5-9-21-16)23-24-19(25)27-12-17(26)22-15-8-7-13(2)11-14(15)20/h4-9,11H,3,10,12H2,1-2H3,(H,22,26). The van der Waals surface area contributed by atoms with Crippen molar-refractivity contribution in [1.29, 1.82) is 0 Å². The number of hydrogen-bond donors (Lipinski definition) is 1. The molecule has 0 atom stereocenters. The molecule has 0 aliphatic heterocycles. The zero-order valence-electron chi connectivity index (χ0n) is 15.1. The van der Waals surface area contributed by atoms with E-state index in [4.69, 9.17) is 0 Å². The molecule has 0 aliphatic rings. The molecule has 0 fully saturated rings. The van der Waals surface area contributed by atoms with E-state index in [1.165, 1.54) is 11.8 Å². The molecule has 3 rings (SSSR count). The van der Waals surface area contributed by atoms with Crippen molar-refractivity contribution in [3.8, 4) is 11.5 Å². The Bertz CT molecular complexity index is 929. The smallest absolute Gasteiger partial charge is 0.234 e. The lowest BCUT2D eigenvalue weighted by atomic mass is 10.2. The maximum absolute atomic E-state index is 12.3. The number of pyridine rings is 1. The minimum Gasteiger partial charge on any atom is -0.324 e. The van der Waals surface area contributed by atoms with Crippen molar-refractivity contribution in [2.75, 3.05) is 11.1 Å². The first kappa shape index (κ1) is 19.6. The van der Waals surface area contributed by atoms with Crippen molar-refractivity contribution in [1.82, 2.24) is 19.7 Å². The molecule has 0 radical (unpaired) electrons. The van der Waals surface area contributed by atoms with Crippen LogP contribution in [-0.4, -0.2) is 31.4 Å². The molecule has 27 heavy (non-hydrogen) atoms. The van der Waals surface area contributed by atoms with Gasteiger partial charge in [0.05, 0.1) is 11.4 Å². The van der Waals surface area contributed by atoms with Gasteiger partial charge < -0.3 is 9.88 Å². The summed E-state index contributed by atoms with van der Waals surface area (Å²) in [7, 11) is 0. The molecule has 0 aliphatic carbocycles. The van der Waals surface area contributed by atoms with E-state index in [0.717, 1.165) is 45.4 Å². The van der Waals surface area contributed by atoms with Crippen LogP contribution in [0.25, 0.3) is 11.5 Å². The second-order valence-corrected chi connectivity index (χ2v) is 7.79. The minimum atomic E-state index is -0.0880. The highest BCUT2D eigenvalue weighted by atomic mass is 79.9. The van der Waals surface area contributed by atoms with Crippen LogP contribution >= 0.6 is 27.7 Å². The normalized spacial score (nSPS) is 10.8. The maximum atomic E-state index is 12.3. The first-order chi connectivity index (χ1) is 13.1. The summed E-state index contributed by atoms with van der Waals surface area (Å²) in [5, 5.41) is 12.2. The van der Waals surface area contributed by atoms with Crippen LogP contribution in [0.4, 0.5) is 5.69 Å². The van der Waals surface area contributed by atoms with Gasteiger partial charge in [-0.25, -0.2) is 0 Å². The van der Waals surface area contributed by atoms with E-state index in [1.807, 2.05) is 47.9 Å². The number of benzene rings is 1. The lowest BCUT2D eigenvalue weighted by Crippen LogP contribution is -2.15. The van der Waals surface area contributed by atoms with Crippen LogP contribution < -0.4 is 5.32 Å². The Hall–Kier alpha value is -2.19. The zero-order valence-corrected chi connectivity index (χ0v) is 17.5. The molecule has 0 saturated heterocycles. The van der Waals surface area contributed by atoms with Crippen LogP contribution in [-0.2, 0) is 11.3 Å². The Morgan fingerprint density at radius 3 is 2.81 bits per heavy atom. The lowest BCUT2D eigenvalue weighted by Gasteiger charge is -2.09. The zero-order chi connectivity index (χ0) is 19.2. The second-order valence-electron chi connectivity index (χ2n) is 5.99. The molecular weight excluding hydrogens is 426 g/mol. The summed E-state index contributed by atoms with van der Waals surface area (Å²) in [5.41, 5.74) is 2.66. The molecule has 140 valence electrons. The van der Waals surface area contributed by atoms with Gasteiger partial charge >= 0.3 is 0 Å². The molecule has 0 unspecified atom stereocenters. The number of nitrogens with one attached hydrogen (secondary N) is 1. The average molecular weight is 446 g/mol. The number of aryl methyl sites for hydroxylation is 1. The van der Waals surface area contributed by atoms with E-state index in [9.17, 15) is 4.79 Å². The maximum Gasteiger partial charge on any atom is 0.234 e. The highest BCUT2D eigenvalue weighted by Crippen LogP contribution is 2.25. The number of anilines is 1. The van der Waals surface area contributed by atoms with Gasteiger partial charge in [-0.15, -0.1) is 10.2 Å². The third-order valence-corrected chi connectivity index (χ3v) is 5.41. The highest BCUT2D eigenvalue weighted by Gasteiger charge is 2.16. The van der Waals surface area contributed by atoms with Crippen molar-refractivity contribution in [3.63, 3.8) is 0 Å². The summed E-state index contributed by atoms with van der Waals surface area (Å²) in [5.74, 6) is 0.890. The van der Waals surface area contributed by atoms with Gasteiger partial charge in [0.25, 0.3) is 0 Å². The molecule has 3 aromatic rings. The third kappa shape index (κ3) is 4.95. The second kappa shape index (κ2) is 9.14. The van der Waals surface area contributed by atoms with Gasteiger partial charge in [0, 0.05) is 17.2 Å². The average Bonchev–Trinajstić information content (AvgIpc) is 3.06. The number of nitrogens with zero attached hydrogens (tertiary/aromatic N) is 4. The molecule has 2 aromatic heterocycles. The van der Waals surface area contributed by atoms with Gasteiger partial charge in [-0.05, 0) is 59.1 Å². The number of rotatable bonds is 7. The van der Waals surface area contributed by atoms with Crippen LogP contribution in [0, 0.1) is 6.92 Å². The fourth-order valence-electron chi connectivity index (χ4n) is 2.54. The van der Waals surface area contributed by atoms with Crippen LogP contribution in [0.3, 0.4) is 0 Å². The number of thioether (sulfide) groups is 1. The number of carbonyl (C=O) groups is 1. The van der Waals surface area contributed by atoms with Crippen LogP contribution in [0.15, 0.2) is 52.2 Å². The van der Waals surface area contributed by atoms with E-state index in [0.29, 0.717) is 0 Å². The van der Waals surface area contributed by atoms with Crippen LogP contribution in [0.1, 0.15) is 18.9 Å². The van der Waals surface area contributed by atoms with Crippen molar-refractivity contribution in [2.24, 2.45) is 0 Å². The summed E-state index contributed by atoms with van der Waals surface area (Å²) in [6.07, 6.45) is 2.67. The Morgan fingerprint density at radius 2 is 2.11 bits per heavy atom. The van der Waals surface area contributed by atoms with Gasteiger partial charge in [0.1, 0.15) is 5.69 Å². The van der Waals surface area contributed by atoms with Crippen molar-refractivity contribution in [3.05, 3.63) is 52.6 Å². The van der Waals surface area contributed by atoms with Crippen molar-refractivity contribution < 1.29 is 4.79 Å². The van der Waals surface area contributed by atoms with E-state index in [1.54, 1.807) is 6.20 Å². The number of amides is 1. The minimum absolute atomic E-state index is 0.0880. The van der Waals surface area contributed by atoms with Crippen LogP contribution in [0.5, 0.6) is 0 Å². The summed E-state index contributed by atoms with van der Waals surface area (Å²) in [4.78, 5) is 16.7. The largest absolute Gasteiger partial charge is 0.324 e. The van der Waals surface area contributed by atoms with Gasteiger partial charge in [0.15, 0.2) is 11.0 Å². The quantitative estimate of drug-likeness (QED) is 0.539. The number of aromatic nitrogens is 4. The molecule has 1 amide bonds. The molecule has 8 heteroatoms. The fourth-order valence-corrected chi connectivity index (χ4v) is 3.90. The first-order valence-corrected chi connectivity index (χ1v) is 10.4. The Labute approximate surface area is 170 Å². The van der Waals surface area contributed by atoms with Crippen LogP contribution in [0.2, 0.25) is 0 Å². The predicted octanol–water partition coefficient (Wildman–Crippen LogP) is 4.55. The van der Waals surface area contributed by atoms with E-state index in [2.05, 4.69) is 43.4 Å². The van der Waals surface area contributed by atoms with Crippen molar-refractivity contribution in [2.45, 2.75) is 32.0 Å². The number of hydrogen-bond acceptors (Lipinski definition) is 5. The SMILES string of the molecule is CCCn1c(SCC(=O)Nc2ccc(C)cc2Br)nnc1-c1ccccn1. The Balaban J connectivity index is 1.70. The van der Waals surface area contributed by atoms with Gasteiger partial charge in [-0.3, -0.25) is 9.78 Å². The Kier molecular flexibility index (Phi) is 6.63. The number of halogens is 1. The molecular formula is C19H20BrN5OS. The molecule has 0 spiro atoms. The molecule has 6 nitrogen and oxygen atoms in total. The highest BCUT2D eigenvalue weighted by molar-refractivity contribution is 9.10. The van der Waals surface area contributed by atoms with Gasteiger partial charge in [-0.2, -0.15) is 0 Å². The van der Waals surface area contributed by atoms with Gasteiger partial charge in [0.2, 0.25) is 5.91 Å².